The molecule has 0 saturated heterocycles. The molecule has 0 aliphatic carbocycles. The molecule has 140 valence electrons. The number of rotatable bonds is 5. The highest BCUT2D eigenvalue weighted by Gasteiger charge is 2.15. The summed E-state index contributed by atoms with van der Waals surface area (Å²) in [6, 6.07) is 15.4. The maximum Gasteiger partial charge on any atom is 0.261 e. The highest BCUT2D eigenvalue weighted by atomic mass is 32.2. The molecule has 0 fully saturated rings. The van der Waals surface area contributed by atoms with E-state index in [1.165, 1.54) is 23.5 Å². The van der Waals surface area contributed by atoms with E-state index in [-0.39, 0.29) is 4.90 Å². The lowest BCUT2D eigenvalue weighted by Crippen LogP contribution is -2.12. The standard InChI is InChI=1S/C20H14FN3O2S2/c21-16-4-6-18(7-5-16)28(25,26)24-17-3-1-2-15(12-17)19-13-27-20(23-19)14-8-10-22-11-9-14/h1-13,24H. The van der Waals surface area contributed by atoms with Crippen molar-refractivity contribution in [3.63, 3.8) is 0 Å². The zero-order chi connectivity index (χ0) is 19.6. The summed E-state index contributed by atoms with van der Waals surface area (Å²) < 4.78 is 40.6. The van der Waals surface area contributed by atoms with Gasteiger partial charge >= 0.3 is 0 Å². The molecule has 0 unspecified atom stereocenters. The predicted molar refractivity (Wildman–Crippen MR) is 108 cm³/mol. The van der Waals surface area contributed by atoms with Crippen molar-refractivity contribution >= 4 is 27.0 Å². The molecule has 0 aliphatic rings. The quantitative estimate of drug-likeness (QED) is 0.511. The van der Waals surface area contributed by atoms with Gasteiger partial charge in [-0.25, -0.2) is 17.8 Å². The van der Waals surface area contributed by atoms with E-state index >= 15 is 0 Å². The van der Waals surface area contributed by atoms with Gasteiger partial charge in [0.05, 0.1) is 10.6 Å². The number of nitrogens with one attached hydrogen (secondary N) is 1. The SMILES string of the molecule is O=S(=O)(Nc1cccc(-c2csc(-c3ccncc3)n2)c1)c1ccc(F)cc1. The van der Waals surface area contributed by atoms with Gasteiger partial charge in [0.2, 0.25) is 0 Å². The Hall–Kier alpha value is -3.10. The number of sulfonamides is 1. The number of hydrogen-bond donors (Lipinski definition) is 1. The van der Waals surface area contributed by atoms with Gasteiger partial charge in [-0.1, -0.05) is 12.1 Å². The highest BCUT2D eigenvalue weighted by molar-refractivity contribution is 7.92. The lowest BCUT2D eigenvalue weighted by molar-refractivity contribution is 0.599. The lowest BCUT2D eigenvalue weighted by Gasteiger charge is -2.09. The zero-order valence-corrected chi connectivity index (χ0v) is 16.0. The van der Waals surface area contributed by atoms with Gasteiger partial charge in [-0.15, -0.1) is 11.3 Å². The predicted octanol–water partition coefficient (Wildman–Crippen LogP) is 4.81. The van der Waals surface area contributed by atoms with Crippen molar-refractivity contribution < 1.29 is 12.8 Å². The topological polar surface area (TPSA) is 72.0 Å². The van der Waals surface area contributed by atoms with Gasteiger partial charge in [-0.05, 0) is 48.5 Å². The van der Waals surface area contributed by atoms with Crippen molar-refractivity contribution in [1.82, 2.24) is 9.97 Å². The molecule has 5 nitrogen and oxygen atoms in total. The molecule has 0 aliphatic heterocycles. The molecule has 0 bridgehead atoms. The third-order valence-electron chi connectivity index (χ3n) is 3.97. The van der Waals surface area contributed by atoms with Crippen molar-refractivity contribution in [3.8, 4) is 21.8 Å². The number of aromatic nitrogens is 2. The minimum absolute atomic E-state index is 0.00654. The third kappa shape index (κ3) is 3.92. The monoisotopic (exact) mass is 411 g/mol. The Labute approximate surface area is 165 Å². The van der Waals surface area contributed by atoms with Gasteiger partial charge in [0.25, 0.3) is 10.0 Å². The summed E-state index contributed by atoms with van der Waals surface area (Å²) in [5.74, 6) is -0.491. The average Bonchev–Trinajstić information content (AvgIpc) is 3.19. The maximum atomic E-state index is 13.0. The van der Waals surface area contributed by atoms with Gasteiger partial charge in [0.15, 0.2) is 0 Å². The number of halogens is 1. The van der Waals surface area contributed by atoms with Crippen LogP contribution < -0.4 is 4.72 Å². The molecule has 0 atom stereocenters. The van der Waals surface area contributed by atoms with E-state index in [1.807, 2.05) is 23.6 Å². The van der Waals surface area contributed by atoms with Gasteiger partial charge in [0, 0.05) is 34.6 Å². The zero-order valence-electron chi connectivity index (χ0n) is 14.4. The van der Waals surface area contributed by atoms with E-state index in [1.54, 1.807) is 30.6 Å². The number of benzene rings is 2. The van der Waals surface area contributed by atoms with Gasteiger partial charge in [0.1, 0.15) is 10.8 Å². The second kappa shape index (κ2) is 7.49. The number of pyridine rings is 1. The van der Waals surface area contributed by atoms with Crippen molar-refractivity contribution in [2.24, 2.45) is 0 Å². The highest BCUT2D eigenvalue weighted by Crippen LogP contribution is 2.30. The molecule has 0 radical (unpaired) electrons. The smallest absolute Gasteiger partial charge is 0.261 e. The van der Waals surface area contributed by atoms with Crippen LogP contribution in [0.3, 0.4) is 0 Å². The largest absolute Gasteiger partial charge is 0.280 e. The van der Waals surface area contributed by atoms with Crippen LogP contribution in [0.5, 0.6) is 0 Å². The van der Waals surface area contributed by atoms with Crippen LogP contribution in [0, 0.1) is 5.82 Å². The van der Waals surface area contributed by atoms with E-state index < -0.39 is 15.8 Å². The molecule has 0 amide bonds. The third-order valence-corrected chi connectivity index (χ3v) is 6.25. The first kappa shape index (κ1) is 18.3. The Morgan fingerprint density at radius 2 is 1.68 bits per heavy atom. The number of thiazole rings is 1. The second-order valence-electron chi connectivity index (χ2n) is 5.91. The summed E-state index contributed by atoms with van der Waals surface area (Å²) in [5.41, 5.74) is 2.91. The molecular weight excluding hydrogens is 397 g/mol. The molecule has 0 spiro atoms. The molecule has 1 N–H and O–H groups in total. The van der Waals surface area contributed by atoms with Crippen molar-refractivity contribution in [2.75, 3.05) is 4.72 Å². The Balaban J connectivity index is 1.60. The first-order valence-electron chi connectivity index (χ1n) is 8.26. The molecule has 4 rings (SSSR count). The van der Waals surface area contributed by atoms with E-state index in [9.17, 15) is 12.8 Å². The van der Waals surface area contributed by atoms with Crippen LogP contribution in [-0.4, -0.2) is 18.4 Å². The summed E-state index contributed by atoms with van der Waals surface area (Å²) in [6.07, 6.45) is 3.42. The van der Waals surface area contributed by atoms with Crippen LogP contribution in [0.1, 0.15) is 0 Å². The Morgan fingerprint density at radius 3 is 2.43 bits per heavy atom. The number of hydrogen-bond acceptors (Lipinski definition) is 5. The minimum atomic E-state index is -3.81. The first-order valence-corrected chi connectivity index (χ1v) is 10.6. The molecule has 2 heterocycles. The van der Waals surface area contributed by atoms with E-state index in [2.05, 4.69) is 14.7 Å². The van der Waals surface area contributed by atoms with Crippen molar-refractivity contribution in [2.45, 2.75) is 4.90 Å². The first-order chi connectivity index (χ1) is 13.5. The second-order valence-corrected chi connectivity index (χ2v) is 8.45. The molecule has 0 saturated carbocycles. The van der Waals surface area contributed by atoms with Crippen LogP contribution in [0.4, 0.5) is 10.1 Å². The van der Waals surface area contributed by atoms with Crippen LogP contribution >= 0.6 is 11.3 Å². The van der Waals surface area contributed by atoms with E-state index in [4.69, 9.17) is 0 Å². The van der Waals surface area contributed by atoms with Crippen LogP contribution in [0.2, 0.25) is 0 Å². The summed E-state index contributed by atoms with van der Waals surface area (Å²) in [6.45, 7) is 0. The summed E-state index contributed by atoms with van der Waals surface area (Å²) in [7, 11) is -3.81. The molecule has 28 heavy (non-hydrogen) atoms. The Morgan fingerprint density at radius 1 is 0.929 bits per heavy atom. The Kier molecular flexibility index (Phi) is 4.89. The van der Waals surface area contributed by atoms with Crippen LogP contribution in [-0.2, 0) is 10.0 Å². The normalized spacial score (nSPS) is 11.3. The average molecular weight is 411 g/mol. The van der Waals surface area contributed by atoms with E-state index in [0.29, 0.717) is 5.69 Å². The van der Waals surface area contributed by atoms with Crippen molar-refractivity contribution in [3.05, 3.63) is 84.3 Å². The van der Waals surface area contributed by atoms with Crippen LogP contribution in [0.15, 0.2) is 83.3 Å². The van der Waals surface area contributed by atoms with E-state index in [0.717, 1.165) is 34.0 Å². The Bertz CT molecular complexity index is 1210. The molecular formula is C20H14FN3O2S2. The van der Waals surface area contributed by atoms with Crippen molar-refractivity contribution in [1.29, 1.82) is 0 Å². The van der Waals surface area contributed by atoms with Gasteiger partial charge in [-0.2, -0.15) is 0 Å². The molecule has 4 aromatic rings. The summed E-state index contributed by atoms with van der Waals surface area (Å²) in [5, 5.41) is 2.78. The molecule has 8 heteroatoms. The summed E-state index contributed by atoms with van der Waals surface area (Å²) in [4.78, 5) is 8.62. The lowest BCUT2D eigenvalue weighted by atomic mass is 10.1. The molecule has 2 aromatic heterocycles. The van der Waals surface area contributed by atoms with Gasteiger partial charge < -0.3 is 0 Å². The number of anilines is 1. The van der Waals surface area contributed by atoms with Crippen LogP contribution in [0.25, 0.3) is 21.8 Å². The number of nitrogens with zero attached hydrogens (tertiary/aromatic N) is 2. The molecule has 2 aromatic carbocycles. The fraction of sp³-hybridized carbons (Fsp3) is 0. The fourth-order valence-electron chi connectivity index (χ4n) is 2.60. The summed E-state index contributed by atoms with van der Waals surface area (Å²) >= 11 is 1.50. The minimum Gasteiger partial charge on any atom is -0.280 e. The fourth-order valence-corrected chi connectivity index (χ4v) is 4.49. The van der Waals surface area contributed by atoms with Gasteiger partial charge in [-0.3, -0.25) is 9.71 Å². The maximum absolute atomic E-state index is 13.0.